The molecule has 0 saturated carbocycles. The van der Waals surface area contributed by atoms with E-state index in [9.17, 15) is 4.79 Å². The molecule has 4 heteroatoms. The van der Waals surface area contributed by atoms with Crippen molar-refractivity contribution in [2.75, 3.05) is 32.7 Å². The van der Waals surface area contributed by atoms with Gasteiger partial charge in [-0.05, 0) is 37.2 Å². The van der Waals surface area contributed by atoms with Gasteiger partial charge in [-0.25, -0.2) is 0 Å². The molecule has 1 amide bonds. The molecule has 0 N–H and O–H groups in total. The van der Waals surface area contributed by atoms with Crippen molar-refractivity contribution in [3.8, 4) is 5.75 Å². The number of carbonyl (C=O) groups is 1. The molecule has 0 aromatic heterocycles. The van der Waals surface area contributed by atoms with Gasteiger partial charge in [-0.1, -0.05) is 42.8 Å². The molecule has 0 unspecified atom stereocenters. The fraction of sp³-hybridized carbons (Fsp3) is 0.381. The van der Waals surface area contributed by atoms with E-state index in [1.807, 2.05) is 35.2 Å². The van der Waals surface area contributed by atoms with Crippen molar-refractivity contribution in [3.63, 3.8) is 0 Å². The minimum Gasteiger partial charge on any atom is -0.489 e. The first-order valence-electron chi connectivity index (χ1n) is 8.96. The Balaban J connectivity index is 1.62. The molecule has 4 nitrogen and oxygen atoms in total. The zero-order chi connectivity index (χ0) is 17.6. The van der Waals surface area contributed by atoms with Crippen molar-refractivity contribution in [3.05, 3.63) is 65.2 Å². The van der Waals surface area contributed by atoms with Crippen LogP contribution in [-0.2, 0) is 6.61 Å². The molecule has 0 atom stereocenters. The summed E-state index contributed by atoms with van der Waals surface area (Å²) in [6, 6.07) is 15.8. The molecule has 1 fully saturated rings. The summed E-state index contributed by atoms with van der Waals surface area (Å²) in [7, 11) is 0. The zero-order valence-corrected chi connectivity index (χ0v) is 15.1. The van der Waals surface area contributed by atoms with Crippen molar-refractivity contribution in [1.29, 1.82) is 0 Å². The number of piperazine rings is 1. The molecule has 132 valence electrons. The van der Waals surface area contributed by atoms with Crippen LogP contribution in [0.3, 0.4) is 0 Å². The van der Waals surface area contributed by atoms with E-state index in [1.165, 1.54) is 5.56 Å². The van der Waals surface area contributed by atoms with Crippen LogP contribution in [0.4, 0.5) is 0 Å². The van der Waals surface area contributed by atoms with E-state index in [0.29, 0.717) is 12.2 Å². The summed E-state index contributed by atoms with van der Waals surface area (Å²) in [5, 5.41) is 0. The Labute approximate surface area is 150 Å². The largest absolute Gasteiger partial charge is 0.489 e. The second kappa shape index (κ2) is 8.17. The Morgan fingerprint density at radius 2 is 1.80 bits per heavy atom. The van der Waals surface area contributed by atoms with Gasteiger partial charge in [0.05, 0.1) is 0 Å². The number of aryl methyl sites for hydroxylation is 1. The molecule has 0 bridgehead atoms. The van der Waals surface area contributed by atoms with Crippen LogP contribution in [0.5, 0.6) is 5.75 Å². The Morgan fingerprint density at radius 1 is 1.04 bits per heavy atom. The zero-order valence-electron chi connectivity index (χ0n) is 15.1. The van der Waals surface area contributed by atoms with Crippen LogP contribution in [0.15, 0.2) is 48.5 Å². The highest BCUT2D eigenvalue weighted by molar-refractivity contribution is 5.94. The lowest BCUT2D eigenvalue weighted by atomic mass is 10.1. The van der Waals surface area contributed by atoms with E-state index in [1.54, 1.807) is 0 Å². The van der Waals surface area contributed by atoms with Gasteiger partial charge in [0.25, 0.3) is 5.91 Å². The maximum atomic E-state index is 12.7. The number of carbonyl (C=O) groups excluding carboxylic acids is 1. The summed E-state index contributed by atoms with van der Waals surface area (Å²) in [5.74, 6) is 0.830. The molecule has 3 rings (SSSR count). The summed E-state index contributed by atoms with van der Waals surface area (Å²) in [6.07, 6.45) is 0. The van der Waals surface area contributed by atoms with E-state index in [-0.39, 0.29) is 5.91 Å². The summed E-state index contributed by atoms with van der Waals surface area (Å²) >= 11 is 0. The van der Waals surface area contributed by atoms with Crippen molar-refractivity contribution < 1.29 is 9.53 Å². The lowest BCUT2D eigenvalue weighted by Crippen LogP contribution is -2.48. The fourth-order valence-corrected chi connectivity index (χ4v) is 3.14. The molecule has 2 aromatic rings. The molecule has 1 heterocycles. The maximum absolute atomic E-state index is 12.7. The minimum atomic E-state index is 0.0942. The molecule has 0 radical (unpaired) electrons. The normalized spacial score (nSPS) is 15.2. The lowest BCUT2D eigenvalue weighted by Gasteiger charge is -2.34. The van der Waals surface area contributed by atoms with Gasteiger partial charge in [-0.3, -0.25) is 4.79 Å². The maximum Gasteiger partial charge on any atom is 0.254 e. The smallest absolute Gasteiger partial charge is 0.254 e. The number of likely N-dealkylation sites (N-methyl/N-ethyl adjacent to an activating group) is 1. The van der Waals surface area contributed by atoms with Crippen molar-refractivity contribution >= 4 is 5.91 Å². The van der Waals surface area contributed by atoms with E-state index >= 15 is 0 Å². The van der Waals surface area contributed by atoms with Gasteiger partial charge in [-0.15, -0.1) is 0 Å². The molecule has 25 heavy (non-hydrogen) atoms. The van der Waals surface area contributed by atoms with Gasteiger partial charge in [0, 0.05) is 31.7 Å². The number of nitrogens with zero attached hydrogens (tertiary/aromatic N) is 2. The van der Waals surface area contributed by atoms with E-state index in [0.717, 1.165) is 44.0 Å². The molecule has 1 aliphatic rings. The number of ether oxygens (including phenoxy) is 1. The lowest BCUT2D eigenvalue weighted by molar-refractivity contribution is 0.0643. The minimum absolute atomic E-state index is 0.0942. The summed E-state index contributed by atoms with van der Waals surface area (Å²) in [5.41, 5.74) is 3.05. The molecule has 0 aliphatic carbocycles. The average Bonchev–Trinajstić information content (AvgIpc) is 2.66. The molecule has 0 spiro atoms. The second-order valence-corrected chi connectivity index (χ2v) is 6.53. The summed E-state index contributed by atoms with van der Waals surface area (Å²) in [6.45, 7) is 9.27. The quantitative estimate of drug-likeness (QED) is 0.838. The Kier molecular flexibility index (Phi) is 5.71. The van der Waals surface area contributed by atoms with Gasteiger partial charge in [0.1, 0.15) is 12.4 Å². The molecule has 1 saturated heterocycles. The number of hydrogen-bond acceptors (Lipinski definition) is 3. The predicted molar refractivity (Wildman–Crippen MR) is 100.0 cm³/mol. The van der Waals surface area contributed by atoms with Crippen LogP contribution in [0.1, 0.15) is 28.4 Å². The number of benzene rings is 2. The summed E-state index contributed by atoms with van der Waals surface area (Å²) in [4.78, 5) is 17.0. The van der Waals surface area contributed by atoms with Crippen molar-refractivity contribution in [2.45, 2.75) is 20.5 Å². The van der Waals surface area contributed by atoms with Gasteiger partial charge in [0.2, 0.25) is 0 Å². The second-order valence-electron chi connectivity index (χ2n) is 6.53. The van der Waals surface area contributed by atoms with Crippen LogP contribution >= 0.6 is 0 Å². The number of amides is 1. The Hall–Kier alpha value is -2.33. The van der Waals surface area contributed by atoms with Gasteiger partial charge >= 0.3 is 0 Å². The van der Waals surface area contributed by atoms with Crippen LogP contribution < -0.4 is 4.74 Å². The van der Waals surface area contributed by atoms with E-state index in [2.05, 4.69) is 36.9 Å². The SMILES string of the molecule is CCN1CCN(C(=O)c2cccc(OCc3cccc(C)c3)c2)CC1. The first-order valence-corrected chi connectivity index (χ1v) is 8.96. The van der Waals surface area contributed by atoms with Crippen molar-refractivity contribution in [1.82, 2.24) is 9.80 Å². The van der Waals surface area contributed by atoms with Crippen LogP contribution in [0.25, 0.3) is 0 Å². The molecule has 1 aliphatic heterocycles. The molecule has 2 aromatic carbocycles. The Morgan fingerprint density at radius 3 is 2.52 bits per heavy atom. The molecular weight excluding hydrogens is 312 g/mol. The van der Waals surface area contributed by atoms with Crippen LogP contribution in [-0.4, -0.2) is 48.4 Å². The van der Waals surface area contributed by atoms with E-state index in [4.69, 9.17) is 4.74 Å². The van der Waals surface area contributed by atoms with E-state index < -0.39 is 0 Å². The van der Waals surface area contributed by atoms with Gasteiger partial charge in [0.15, 0.2) is 0 Å². The molecular formula is C21H26N2O2. The standard InChI is InChI=1S/C21H26N2O2/c1-3-22-10-12-23(13-11-22)21(24)19-8-5-9-20(15-19)25-16-18-7-4-6-17(2)14-18/h4-9,14-15H,3,10-13,16H2,1-2H3. The monoisotopic (exact) mass is 338 g/mol. The van der Waals surface area contributed by atoms with Crippen LogP contribution in [0.2, 0.25) is 0 Å². The first kappa shape index (κ1) is 17.5. The highest BCUT2D eigenvalue weighted by Gasteiger charge is 2.21. The number of rotatable bonds is 5. The van der Waals surface area contributed by atoms with Crippen LogP contribution in [0, 0.1) is 6.92 Å². The third kappa shape index (κ3) is 4.60. The predicted octanol–water partition coefficient (Wildman–Crippen LogP) is 3.35. The third-order valence-electron chi connectivity index (χ3n) is 4.68. The van der Waals surface area contributed by atoms with Gasteiger partial charge in [-0.2, -0.15) is 0 Å². The fourth-order valence-electron chi connectivity index (χ4n) is 3.14. The number of hydrogen-bond donors (Lipinski definition) is 0. The van der Waals surface area contributed by atoms with Crippen molar-refractivity contribution in [2.24, 2.45) is 0 Å². The topological polar surface area (TPSA) is 32.8 Å². The van der Waals surface area contributed by atoms with Gasteiger partial charge < -0.3 is 14.5 Å². The summed E-state index contributed by atoms with van der Waals surface area (Å²) < 4.78 is 5.88. The third-order valence-corrected chi connectivity index (χ3v) is 4.68. The average molecular weight is 338 g/mol. The first-order chi connectivity index (χ1) is 12.2. The highest BCUT2D eigenvalue weighted by Crippen LogP contribution is 2.18. The highest BCUT2D eigenvalue weighted by atomic mass is 16.5. The Bertz CT molecular complexity index is 721.